The van der Waals surface area contributed by atoms with E-state index in [-0.39, 0.29) is 0 Å². The average Bonchev–Trinajstić information content (AvgIpc) is 2.28. The van der Waals surface area contributed by atoms with Gasteiger partial charge in [0, 0.05) is 0 Å². The van der Waals surface area contributed by atoms with Crippen LogP contribution in [0.1, 0.15) is 56.1 Å². The second-order valence-electron chi connectivity index (χ2n) is 4.81. The van der Waals surface area contributed by atoms with Gasteiger partial charge >= 0.3 is 12.1 Å². The molecule has 0 saturated carbocycles. The lowest BCUT2D eigenvalue weighted by Crippen LogP contribution is -2.17. The minimum atomic E-state index is -4.66. The average molecular weight is 276 g/mol. The van der Waals surface area contributed by atoms with Crippen LogP contribution in [0.25, 0.3) is 0 Å². The van der Waals surface area contributed by atoms with E-state index in [0.29, 0.717) is 5.56 Å². The van der Waals surface area contributed by atoms with Crippen LogP contribution in [0.15, 0.2) is 18.2 Å². The van der Waals surface area contributed by atoms with Crippen LogP contribution in [0, 0.1) is 0 Å². The molecule has 2 nitrogen and oxygen atoms in total. The van der Waals surface area contributed by atoms with Crippen LogP contribution in [0.3, 0.4) is 0 Å². The first kappa shape index (κ1) is 17.5. The number of carboxylic acids is 1. The highest BCUT2D eigenvalue weighted by molar-refractivity contribution is 5.89. The largest absolute Gasteiger partial charge is 0.478 e. The van der Waals surface area contributed by atoms with Gasteiger partial charge in [-0.2, -0.15) is 13.2 Å². The lowest BCUT2D eigenvalue weighted by Gasteiger charge is -2.21. The van der Waals surface area contributed by atoms with Crippen molar-refractivity contribution in [1.29, 1.82) is 0 Å². The topological polar surface area (TPSA) is 37.3 Å². The summed E-state index contributed by atoms with van der Waals surface area (Å²) < 4.78 is 38.1. The van der Waals surface area contributed by atoms with Gasteiger partial charge in [0.05, 0.1) is 11.1 Å². The molecule has 0 atom stereocenters. The minimum Gasteiger partial charge on any atom is -0.478 e. The van der Waals surface area contributed by atoms with Crippen LogP contribution in [-0.4, -0.2) is 11.1 Å². The van der Waals surface area contributed by atoms with Crippen LogP contribution in [0.4, 0.5) is 13.2 Å². The Hall–Kier alpha value is -1.52. The number of benzene rings is 1. The second kappa shape index (κ2) is 6.08. The van der Waals surface area contributed by atoms with Gasteiger partial charge < -0.3 is 5.11 Å². The highest BCUT2D eigenvalue weighted by atomic mass is 19.4. The van der Waals surface area contributed by atoms with Crippen molar-refractivity contribution in [1.82, 2.24) is 0 Å². The molecule has 0 radical (unpaired) electrons. The molecule has 0 saturated heterocycles. The predicted octanol–water partition coefficient (Wildman–Crippen LogP) is 4.73. The Bertz CT molecular complexity index is 443. The summed E-state index contributed by atoms with van der Waals surface area (Å²) >= 11 is 0. The second-order valence-corrected chi connectivity index (χ2v) is 4.81. The van der Waals surface area contributed by atoms with Gasteiger partial charge in [-0.25, -0.2) is 4.79 Å². The van der Waals surface area contributed by atoms with E-state index in [4.69, 9.17) is 5.11 Å². The smallest absolute Gasteiger partial charge is 0.417 e. The van der Waals surface area contributed by atoms with Crippen LogP contribution in [-0.2, 0) is 11.6 Å². The summed E-state index contributed by atoms with van der Waals surface area (Å²) in [5.41, 5.74) is -1.82. The normalized spacial score (nSPS) is 11.6. The summed E-state index contributed by atoms with van der Waals surface area (Å²) in [6, 6.07) is 3.33. The number of alkyl halides is 3. The molecule has 0 aliphatic rings. The molecule has 5 heteroatoms. The minimum absolute atomic E-state index is 0.454. The molecule has 108 valence electrons. The molecule has 0 bridgehead atoms. The third-order valence-corrected chi connectivity index (χ3v) is 2.42. The van der Waals surface area contributed by atoms with Crippen molar-refractivity contribution < 1.29 is 23.1 Å². The Labute approximate surface area is 111 Å². The third-order valence-electron chi connectivity index (χ3n) is 2.42. The summed E-state index contributed by atoms with van der Waals surface area (Å²) in [6.45, 7) is 9.30. The Morgan fingerprint density at radius 3 is 1.89 bits per heavy atom. The number of rotatable bonds is 1. The number of aromatic carboxylic acids is 1. The van der Waals surface area contributed by atoms with E-state index in [2.05, 4.69) is 0 Å². The maximum absolute atomic E-state index is 12.7. The summed E-state index contributed by atoms with van der Waals surface area (Å²) in [7, 11) is 0. The van der Waals surface area contributed by atoms with Crippen LogP contribution in [0.5, 0.6) is 0 Å². The summed E-state index contributed by atoms with van der Waals surface area (Å²) in [5.74, 6) is -1.57. The summed E-state index contributed by atoms with van der Waals surface area (Å²) in [6.07, 6.45) is -4.66. The van der Waals surface area contributed by atoms with Crippen LogP contribution < -0.4 is 0 Å². The summed E-state index contributed by atoms with van der Waals surface area (Å²) in [5, 5.41) is 8.72. The molecule has 0 unspecified atom stereocenters. The lowest BCUT2D eigenvalue weighted by molar-refractivity contribution is -0.138. The zero-order valence-electron chi connectivity index (χ0n) is 11.7. The Morgan fingerprint density at radius 1 is 1.11 bits per heavy atom. The van der Waals surface area contributed by atoms with Crippen molar-refractivity contribution in [2.75, 3.05) is 0 Å². The monoisotopic (exact) mass is 276 g/mol. The van der Waals surface area contributed by atoms with Crippen molar-refractivity contribution in [3.63, 3.8) is 0 Å². The molecule has 0 aromatic heterocycles. The number of hydrogen-bond acceptors (Lipinski definition) is 1. The van der Waals surface area contributed by atoms with Gasteiger partial charge in [0.2, 0.25) is 0 Å². The fourth-order valence-electron chi connectivity index (χ4n) is 1.43. The first-order valence-electron chi connectivity index (χ1n) is 5.98. The van der Waals surface area contributed by atoms with Gasteiger partial charge in [-0.1, -0.05) is 40.7 Å². The van der Waals surface area contributed by atoms with Gasteiger partial charge in [-0.3, -0.25) is 0 Å². The zero-order chi connectivity index (χ0) is 15.4. The first-order valence-corrected chi connectivity index (χ1v) is 5.98. The number of carboxylic acid groups (broad SMARTS) is 1. The zero-order valence-corrected chi connectivity index (χ0v) is 11.7. The molecule has 1 rings (SSSR count). The van der Waals surface area contributed by atoms with Gasteiger partial charge in [0.15, 0.2) is 0 Å². The highest BCUT2D eigenvalue weighted by Gasteiger charge is 2.36. The van der Waals surface area contributed by atoms with E-state index >= 15 is 0 Å². The van der Waals surface area contributed by atoms with Gasteiger partial charge in [-0.15, -0.1) is 0 Å². The van der Waals surface area contributed by atoms with Crippen molar-refractivity contribution in [2.45, 2.75) is 46.2 Å². The Kier molecular flexibility index (Phi) is 5.60. The highest BCUT2D eigenvalue weighted by Crippen LogP contribution is 2.35. The molecule has 1 aromatic rings. The van der Waals surface area contributed by atoms with E-state index < -0.39 is 28.7 Å². The first-order chi connectivity index (χ1) is 8.53. The van der Waals surface area contributed by atoms with E-state index in [1.165, 1.54) is 6.07 Å². The predicted molar refractivity (Wildman–Crippen MR) is 68.5 cm³/mol. The van der Waals surface area contributed by atoms with Crippen LogP contribution in [0.2, 0.25) is 0 Å². The Morgan fingerprint density at radius 2 is 1.58 bits per heavy atom. The molecule has 1 N–H and O–H groups in total. The molecule has 19 heavy (non-hydrogen) atoms. The molecule has 0 fully saturated rings. The van der Waals surface area contributed by atoms with Crippen molar-refractivity contribution in [3.05, 3.63) is 34.9 Å². The van der Waals surface area contributed by atoms with E-state index in [1.54, 1.807) is 20.8 Å². The van der Waals surface area contributed by atoms with Crippen molar-refractivity contribution in [2.24, 2.45) is 0 Å². The van der Waals surface area contributed by atoms with E-state index in [9.17, 15) is 18.0 Å². The standard InChI is InChI=1S/C12H13F3O2.C2H6/c1-11(2,3)7-4-5-8(10(16)17)9(6-7)12(13,14)15;1-2/h4-6H,1-3H3,(H,16,17);1-2H3. The molecule has 0 amide bonds. The van der Waals surface area contributed by atoms with Gasteiger partial charge in [0.25, 0.3) is 0 Å². The van der Waals surface area contributed by atoms with Gasteiger partial charge in [-0.05, 0) is 23.1 Å². The molecule has 0 heterocycles. The molecular formula is C14H19F3O2. The van der Waals surface area contributed by atoms with E-state index in [1.807, 2.05) is 13.8 Å². The SMILES string of the molecule is CC.CC(C)(C)c1ccc(C(=O)O)c(C(F)(F)F)c1. The maximum atomic E-state index is 12.7. The number of carbonyl (C=O) groups is 1. The Balaban J connectivity index is 0.00000154. The maximum Gasteiger partial charge on any atom is 0.417 e. The molecule has 0 aliphatic heterocycles. The summed E-state index contributed by atoms with van der Waals surface area (Å²) in [4.78, 5) is 10.7. The lowest BCUT2D eigenvalue weighted by atomic mass is 9.85. The van der Waals surface area contributed by atoms with E-state index in [0.717, 1.165) is 12.1 Å². The van der Waals surface area contributed by atoms with Crippen molar-refractivity contribution in [3.8, 4) is 0 Å². The molecule has 0 spiro atoms. The fraction of sp³-hybridized carbons (Fsp3) is 0.500. The third kappa shape index (κ3) is 4.58. The fourth-order valence-corrected chi connectivity index (χ4v) is 1.43. The molecular weight excluding hydrogens is 257 g/mol. The van der Waals surface area contributed by atoms with Crippen molar-refractivity contribution >= 4 is 5.97 Å². The molecule has 0 aliphatic carbocycles. The van der Waals surface area contributed by atoms with Crippen LogP contribution >= 0.6 is 0 Å². The van der Waals surface area contributed by atoms with Gasteiger partial charge in [0.1, 0.15) is 0 Å². The molecule has 1 aromatic carbocycles. The number of hydrogen-bond donors (Lipinski definition) is 1. The quantitative estimate of drug-likeness (QED) is 0.805. The number of halogens is 3.